The Hall–Kier alpha value is -0.480. The quantitative estimate of drug-likeness (QED) is 0.928. The zero-order valence-electron chi connectivity index (χ0n) is 10.6. The second kappa shape index (κ2) is 5.88. The maximum absolute atomic E-state index is 6.18. The molecule has 1 saturated heterocycles. The molecule has 1 fully saturated rings. The summed E-state index contributed by atoms with van der Waals surface area (Å²) in [4.78, 5) is 0. The van der Waals surface area contributed by atoms with Gasteiger partial charge in [0.25, 0.3) is 0 Å². The Morgan fingerprint density at radius 1 is 1.21 bits per heavy atom. The minimum absolute atomic E-state index is 0.264. The first kappa shape index (κ1) is 13.5. The number of fused-ring (bicyclic) bond motifs is 1. The first-order chi connectivity index (χ1) is 9.24. The van der Waals surface area contributed by atoms with Crippen molar-refractivity contribution < 1.29 is 9.47 Å². The van der Waals surface area contributed by atoms with Gasteiger partial charge in [0.05, 0.1) is 18.2 Å². The first-order valence-electron chi connectivity index (χ1n) is 6.67. The second-order valence-corrected chi connectivity index (χ2v) is 5.98. The van der Waals surface area contributed by atoms with Gasteiger partial charge in [0, 0.05) is 36.2 Å². The van der Waals surface area contributed by atoms with E-state index in [1.807, 2.05) is 6.07 Å². The summed E-state index contributed by atoms with van der Waals surface area (Å²) in [5, 5.41) is 4.85. The fraction of sp³-hybridized carbons (Fsp3) is 0.571. The van der Waals surface area contributed by atoms with Crippen molar-refractivity contribution in [2.45, 2.75) is 18.9 Å². The molecular weight excluding hydrogens is 285 g/mol. The Labute approximate surface area is 123 Å². The predicted octanol–water partition coefficient (Wildman–Crippen LogP) is 3.44. The molecule has 3 nitrogen and oxygen atoms in total. The Bertz CT molecular complexity index is 461. The smallest absolute Gasteiger partial charge is 0.142 e. The van der Waals surface area contributed by atoms with Gasteiger partial charge < -0.3 is 14.8 Å². The third-order valence-corrected chi connectivity index (χ3v) is 4.24. The highest BCUT2D eigenvalue weighted by Gasteiger charge is 2.25. The average Bonchev–Trinajstić information content (AvgIpc) is 2.89. The van der Waals surface area contributed by atoms with Crippen LogP contribution in [0.3, 0.4) is 0 Å². The summed E-state index contributed by atoms with van der Waals surface area (Å²) in [6.07, 6.45) is 2.08. The highest BCUT2D eigenvalue weighted by molar-refractivity contribution is 6.35. The molecule has 1 aromatic rings. The molecule has 0 amide bonds. The summed E-state index contributed by atoms with van der Waals surface area (Å²) >= 11 is 12.3. The summed E-state index contributed by atoms with van der Waals surface area (Å²) in [7, 11) is 0. The minimum Gasteiger partial charge on any atom is -0.492 e. The van der Waals surface area contributed by atoms with E-state index in [1.165, 1.54) is 0 Å². The zero-order valence-corrected chi connectivity index (χ0v) is 12.1. The van der Waals surface area contributed by atoms with Gasteiger partial charge in [-0.2, -0.15) is 0 Å². The van der Waals surface area contributed by atoms with Crippen molar-refractivity contribution in [1.29, 1.82) is 0 Å². The van der Waals surface area contributed by atoms with Gasteiger partial charge in [-0.1, -0.05) is 23.2 Å². The van der Waals surface area contributed by atoms with E-state index in [1.54, 1.807) is 6.07 Å². The number of ether oxygens (including phenoxy) is 2. The van der Waals surface area contributed by atoms with E-state index >= 15 is 0 Å². The maximum Gasteiger partial charge on any atom is 0.142 e. The van der Waals surface area contributed by atoms with Gasteiger partial charge in [0.2, 0.25) is 0 Å². The SMILES string of the molecule is Clc1cc(Cl)c2c(c1)C(NCC1CCOC1)CCO2. The fourth-order valence-electron chi connectivity index (χ4n) is 2.69. The van der Waals surface area contributed by atoms with Crippen molar-refractivity contribution in [3.63, 3.8) is 0 Å². The van der Waals surface area contributed by atoms with Gasteiger partial charge in [-0.25, -0.2) is 0 Å². The lowest BCUT2D eigenvalue weighted by Crippen LogP contribution is -2.31. The van der Waals surface area contributed by atoms with Crippen molar-refractivity contribution in [1.82, 2.24) is 5.32 Å². The lowest BCUT2D eigenvalue weighted by atomic mass is 9.99. The third kappa shape index (κ3) is 3.00. The Morgan fingerprint density at radius 2 is 2.11 bits per heavy atom. The van der Waals surface area contributed by atoms with Gasteiger partial charge in [-0.3, -0.25) is 0 Å². The van der Waals surface area contributed by atoms with Crippen LogP contribution in [-0.4, -0.2) is 26.4 Å². The topological polar surface area (TPSA) is 30.5 Å². The van der Waals surface area contributed by atoms with Crippen LogP contribution >= 0.6 is 23.2 Å². The van der Waals surface area contributed by atoms with Crippen LogP contribution in [0.25, 0.3) is 0 Å². The lowest BCUT2D eigenvalue weighted by Gasteiger charge is -2.28. The van der Waals surface area contributed by atoms with E-state index in [0.717, 1.165) is 43.9 Å². The molecule has 2 atom stereocenters. The fourth-order valence-corrected chi connectivity index (χ4v) is 3.25. The molecule has 3 rings (SSSR count). The summed E-state index contributed by atoms with van der Waals surface area (Å²) < 4.78 is 11.1. The summed E-state index contributed by atoms with van der Waals surface area (Å²) in [6, 6.07) is 3.94. The first-order valence-corrected chi connectivity index (χ1v) is 7.42. The van der Waals surface area contributed by atoms with Crippen LogP contribution in [0, 0.1) is 5.92 Å². The van der Waals surface area contributed by atoms with Crippen molar-refractivity contribution in [2.24, 2.45) is 5.92 Å². The summed E-state index contributed by atoms with van der Waals surface area (Å²) in [5.41, 5.74) is 1.07. The van der Waals surface area contributed by atoms with Gasteiger partial charge >= 0.3 is 0 Å². The Balaban J connectivity index is 1.74. The molecule has 0 spiro atoms. The molecule has 0 saturated carbocycles. The second-order valence-electron chi connectivity index (χ2n) is 5.13. The molecular formula is C14H17Cl2NO2. The molecule has 1 aromatic carbocycles. The van der Waals surface area contributed by atoms with Crippen LogP contribution in [0.4, 0.5) is 0 Å². The molecule has 2 unspecified atom stereocenters. The molecule has 19 heavy (non-hydrogen) atoms. The number of nitrogens with one attached hydrogen (secondary N) is 1. The molecule has 0 aliphatic carbocycles. The average molecular weight is 302 g/mol. The number of hydrogen-bond donors (Lipinski definition) is 1. The van der Waals surface area contributed by atoms with E-state index in [-0.39, 0.29) is 6.04 Å². The van der Waals surface area contributed by atoms with Gasteiger partial charge in [-0.05, 0) is 24.5 Å². The molecule has 2 heterocycles. The van der Waals surface area contributed by atoms with Gasteiger partial charge in [0.1, 0.15) is 5.75 Å². The van der Waals surface area contributed by atoms with Crippen LogP contribution in [0.5, 0.6) is 5.75 Å². The number of rotatable bonds is 3. The van der Waals surface area contributed by atoms with Gasteiger partial charge in [0.15, 0.2) is 0 Å². The van der Waals surface area contributed by atoms with Gasteiger partial charge in [-0.15, -0.1) is 0 Å². The highest BCUT2D eigenvalue weighted by atomic mass is 35.5. The van der Waals surface area contributed by atoms with Crippen molar-refractivity contribution in [3.8, 4) is 5.75 Å². The number of benzene rings is 1. The maximum atomic E-state index is 6.18. The molecule has 5 heteroatoms. The van der Waals surface area contributed by atoms with E-state index < -0.39 is 0 Å². The Kier molecular flexibility index (Phi) is 4.18. The Morgan fingerprint density at radius 3 is 2.89 bits per heavy atom. The van der Waals surface area contributed by atoms with Crippen LogP contribution in [0.1, 0.15) is 24.4 Å². The molecule has 2 aliphatic rings. The van der Waals surface area contributed by atoms with Crippen LogP contribution in [-0.2, 0) is 4.74 Å². The van der Waals surface area contributed by atoms with Crippen molar-refractivity contribution >= 4 is 23.2 Å². The highest BCUT2D eigenvalue weighted by Crippen LogP contribution is 2.40. The van der Waals surface area contributed by atoms with Crippen molar-refractivity contribution in [3.05, 3.63) is 27.7 Å². The standard InChI is InChI=1S/C14H17Cl2NO2/c15-10-5-11-13(17-7-9-1-3-18-8-9)2-4-19-14(11)12(16)6-10/h5-6,9,13,17H,1-4,7-8H2. The zero-order chi connectivity index (χ0) is 13.2. The molecule has 0 bridgehead atoms. The number of halogens is 2. The van der Waals surface area contributed by atoms with E-state index in [0.29, 0.717) is 22.6 Å². The van der Waals surface area contributed by atoms with E-state index in [9.17, 15) is 0 Å². The van der Waals surface area contributed by atoms with Crippen LogP contribution in [0.15, 0.2) is 12.1 Å². The van der Waals surface area contributed by atoms with Crippen LogP contribution < -0.4 is 10.1 Å². The monoisotopic (exact) mass is 301 g/mol. The number of hydrogen-bond acceptors (Lipinski definition) is 3. The molecule has 2 aliphatic heterocycles. The molecule has 104 valence electrons. The normalized spacial score (nSPS) is 26.0. The van der Waals surface area contributed by atoms with E-state index in [2.05, 4.69) is 5.32 Å². The predicted molar refractivity (Wildman–Crippen MR) is 76.2 cm³/mol. The molecule has 1 N–H and O–H groups in total. The largest absolute Gasteiger partial charge is 0.492 e. The van der Waals surface area contributed by atoms with Crippen LogP contribution in [0.2, 0.25) is 10.0 Å². The van der Waals surface area contributed by atoms with E-state index in [4.69, 9.17) is 32.7 Å². The molecule has 0 radical (unpaired) electrons. The third-order valence-electron chi connectivity index (χ3n) is 3.74. The summed E-state index contributed by atoms with van der Waals surface area (Å²) in [5.74, 6) is 1.39. The summed E-state index contributed by atoms with van der Waals surface area (Å²) in [6.45, 7) is 3.40. The molecule has 0 aromatic heterocycles. The lowest BCUT2D eigenvalue weighted by molar-refractivity contribution is 0.183. The minimum atomic E-state index is 0.264. The van der Waals surface area contributed by atoms with Crippen molar-refractivity contribution in [2.75, 3.05) is 26.4 Å².